The van der Waals surface area contributed by atoms with Crippen LogP contribution in [0.3, 0.4) is 0 Å². The van der Waals surface area contributed by atoms with Gasteiger partial charge in [-0.15, -0.1) is 11.3 Å². The number of aromatic nitrogens is 1. The molecular formula is C10H13FN2OS. The number of alkyl halides is 1. The zero-order chi connectivity index (χ0) is 10.7. The van der Waals surface area contributed by atoms with Gasteiger partial charge in [0.2, 0.25) is 5.91 Å². The molecule has 1 fully saturated rings. The van der Waals surface area contributed by atoms with Crippen LogP contribution in [0.25, 0.3) is 0 Å². The summed E-state index contributed by atoms with van der Waals surface area (Å²) in [6.45, 7) is 0. The van der Waals surface area contributed by atoms with Gasteiger partial charge in [-0.3, -0.25) is 4.79 Å². The van der Waals surface area contributed by atoms with E-state index in [2.05, 4.69) is 10.3 Å². The van der Waals surface area contributed by atoms with Crippen LogP contribution in [-0.4, -0.2) is 17.1 Å². The van der Waals surface area contributed by atoms with E-state index in [0.717, 1.165) is 12.8 Å². The molecule has 1 saturated carbocycles. The molecule has 0 aliphatic heterocycles. The Balaban J connectivity index is 1.90. The van der Waals surface area contributed by atoms with Crippen LogP contribution in [0.15, 0.2) is 11.6 Å². The summed E-state index contributed by atoms with van der Waals surface area (Å²) in [5, 5.41) is 5.11. The molecule has 15 heavy (non-hydrogen) atoms. The summed E-state index contributed by atoms with van der Waals surface area (Å²) in [5.41, 5.74) is 0. The molecule has 1 aromatic heterocycles. The summed E-state index contributed by atoms with van der Waals surface area (Å²) >= 11 is 1.38. The average Bonchev–Trinajstić information content (AvgIpc) is 2.70. The maximum Gasteiger partial charge on any atom is 0.229 e. The second-order valence-corrected chi connectivity index (χ2v) is 4.68. The Hall–Kier alpha value is -0.970. The summed E-state index contributed by atoms with van der Waals surface area (Å²) in [6, 6.07) is 0. The van der Waals surface area contributed by atoms with Gasteiger partial charge in [-0.25, -0.2) is 9.37 Å². The standard InChI is InChI=1S/C10H13FN2OS/c11-8-3-1-2-7(6-8)9(14)13-10-12-4-5-15-10/h4-5,7-8H,1-3,6H2,(H,12,13,14)/t7-,8-/m0/s1. The van der Waals surface area contributed by atoms with E-state index < -0.39 is 6.17 Å². The van der Waals surface area contributed by atoms with E-state index in [4.69, 9.17) is 0 Å². The van der Waals surface area contributed by atoms with Gasteiger partial charge in [-0.1, -0.05) is 0 Å². The first-order chi connectivity index (χ1) is 7.25. The van der Waals surface area contributed by atoms with Gasteiger partial charge >= 0.3 is 0 Å². The molecule has 2 rings (SSSR count). The Morgan fingerprint density at radius 2 is 2.47 bits per heavy atom. The zero-order valence-corrected chi connectivity index (χ0v) is 9.10. The number of halogens is 1. The number of carbonyl (C=O) groups excluding carboxylic acids is 1. The third-order valence-electron chi connectivity index (χ3n) is 2.64. The summed E-state index contributed by atoms with van der Waals surface area (Å²) in [6.07, 6.45) is 3.37. The lowest BCUT2D eigenvalue weighted by molar-refractivity contribution is -0.121. The number of nitrogens with one attached hydrogen (secondary N) is 1. The minimum Gasteiger partial charge on any atom is -0.302 e. The van der Waals surface area contributed by atoms with Crippen molar-refractivity contribution >= 4 is 22.4 Å². The highest BCUT2D eigenvalue weighted by atomic mass is 32.1. The second kappa shape index (κ2) is 4.70. The maximum absolute atomic E-state index is 13.1. The van der Waals surface area contributed by atoms with Crippen LogP contribution < -0.4 is 5.32 Å². The van der Waals surface area contributed by atoms with E-state index in [0.29, 0.717) is 18.0 Å². The molecule has 0 radical (unpaired) electrons. The summed E-state index contributed by atoms with van der Waals surface area (Å²) < 4.78 is 13.1. The van der Waals surface area contributed by atoms with Crippen molar-refractivity contribution in [1.29, 1.82) is 0 Å². The number of thiazole rings is 1. The monoisotopic (exact) mass is 228 g/mol. The van der Waals surface area contributed by atoms with E-state index in [9.17, 15) is 9.18 Å². The number of anilines is 1. The number of amides is 1. The van der Waals surface area contributed by atoms with Crippen molar-refractivity contribution in [3.63, 3.8) is 0 Å². The molecule has 0 unspecified atom stereocenters. The number of carbonyl (C=O) groups is 1. The summed E-state index contributed by atoms with van der Waals surface area (Å²) in [7, 11) is 0. The number of hydrogen-bond acceptors (Lipinski definition) is 3. The first kappa shape index (κ1) is 10.5. The van der Waals surface area contributed by atoms with Crippen molar-refractivity contribution in [1.82, 2.24) is 4.98 Å². The highest BCUT2D eigenvalue weighted by Gasteiger charge is 2.27. The smallest absolute Gasteiger partial charge is 0.229 e. The van der Waals surface area contributed by atoms with Gasteiger partial charge in [0.05, 0.1) is 0 Å². The van der Waals surface area contributed by atoms with Crippen molar-refractivity contribution in [2.24, 2.45) is 5.92 Å². The van der Waals surface area contributed by atoms with Crippen molar-refractivity contribution in [3.8, 4) is 0 Å². The molecule has 82 valence electrons. The van der Waals surface area contributed by atoms with E-state index >= 15 is 0 Å². The van der Waals surface area contributed by atoms with E-state index in [1.165, 1.54) is 11.3 Å². The fraction of sp³-hybridized carbons (Fsp3) is 0.600. The van der Waals surface area contributed by atoms with E-state index in [-0.39, 0.29) is 11.8 Å². The summed E-state index contributed by atoms with van der Waals surface area (Å²) in [4.78, 5) is 15.7. The Bertz CT molecular complexity index is 328. The highest BCUT2D eigenvalue weighted by Crippen LogP contribution is 2.27. The minimum absolute atomic E-state index is 0.0905. The molecule has 0 saturated heterocycles. The number of rotatable bonds is 2. The topological polar surface area (TPSA) is 42.0 Å². The molecule has 1 aromatic rings. The normalized spacial score (nSPS) is 26.2. The summed E-state index contributed by atoms with van der Waals surface area (Å²) in [5.74, 6) is -0.273. The lowest BCUT2D eigenvalue weighted by Gasteiger charge is -2.22. The van der Waals surface area contributed by atoms with Gasteiger partial charge in [0.1, 0.15) is 6.17 Å². The Morgan fingerprint density at radius 3 is 3.13 bits per heavy atom. The maximum atomic E-state index is 13.1. The molecule has 0 bridgehead atoms. The van der Waals surface area contributed by atoms with Gasteiger partial charge < -0.3 is 5.32 Å². The van der Waals surface area contributed by atoms with Crippen LogP contribution in [0.2, 0.25) is 0 Å². The van der Waals surface area contributed by atoms with Crippen molar-refractivity contribution in [3.05, 3.63) is 11.6 Å². The third-order valence-corrected chi connectivity index (χ3v) is 3.33. The molecule has 1 N–H and O–H groups in total. The third kappa shape index (κ3) is 2.75. The zero-order valence-electron chi connectivity index (χ0n) is 8.28. The Kier molecular flexibility index (Phi) is 3.30. The SMILES string of the molecule is O=C(Nc1nccs1)[C@H]1CCC[C@H](F)C1. The molecule has 1 aliphatic carbocycles. The molecule has 5 heteroatoms. The van der Waals surface area contributed by atoms with Crippen LogP contribution in [0.1, 0.15) is 25.7 Å². The molecule has 1 heterocycles. The Labute approximate surface area is 91.7 Å². The van der Waals surface area contributed by atoms with Crippen LogP contribution in [-0.2, 0) is 4.79 Å². The van der Waals surface area contributed by atoms with Gasteiger partial charge in [0, 0.05) is 17.5 Å². The van der Waals surface area contributed by atoms with Gasteiger partial charge in [-0.05, 0) is 25.7 Å². The lowest BCUT2D eigenvalue weighted by Crippen LogP contribution is -2.28. The molecule has 1 aliphatic rings. The Morgan fingerprint density at radius 1 is 1.60 bits per heavy atom. The van der Waals surface area contributed by atoms with Crippen LogP contribution >= 0.6 is 11.3 Å². The second-order valence-electron chi connectivity index (χ2n) is 3.79. The fourth-order valence-electron chi connectivity index (χ4n) is 1.86. The quantitative estimate of drug-likeness (QED) is 0.845. The molecule has 2 atom stereocenters. The van der Waals surface area contributed by atoms with Crippen molar-refractivity contribution in [2.75, 3.05) is 5.32 Å². The molecular weight excluding hydrogens is 215 g/mol. The number of hydrogen-bond donors (Lipinski definition) is 1. The van der Waals surface area contributed by atoms with E-state index in [1.54, 1.807) is 11.6 Å². The lowest BCUT2D eigenvalue weighted by atomic mass is 9.87. The molecule has 3 nitrogen and oxygen atoms in total. The van der Waals surface area contributed by atoms with Crippen LogP contribution in [0, 0.1) is 5.92 Å². The van der Waals surface area contributed by atoms with Crippen LogP contribution in [0.4, 0.5) is 9.52 Å². The first-order valence-corrected chi connectivity index (χ1v) is 5.98. The average molecular weight is 228 g/mol. The predicted molar refractivity (Wildman–Crippen MR) is 57.6 cm³/mol. The van der Waals surface area contributed by atoms with E-state index in [1.807, 2.05) is 0 Å². The van der Waals surface area contributed by atoms with Crippen LogP contribution in [0.5, 0.6) is 0 Å². The van der Waals surface area contributed by atoms with Crippen molar-refractivity contribution < 1.29 is 9.18 Å². The predicted octanol–water partition coefficient (Wildman–Crippen LogP) is 2.61. The van der Waals surface area contributed by atoms with Crippen molar-refractivity contribution in [2.45, 2.75) is 31.9 Å². The minimum atomic E-state index is -0.814. The van der Waals surface area contributed by atoms with Gasteiger partial charge in [-0.2, -0.15) is 0 Å². The van der Waals surface area contributed by atoms with Gasteiger partial charge in [0.25, 0.3) is 0 Å². The fourth-order valence-corrected chi connectivity index (χ4v) is 2.39. The molecule has 1 amide bonds. The molecule has 0 spiro atoms. The highest BCUT2D eigenvalue weighted by molar-refractivity contribution is 7.13. The first-order valence-electron chi connectivity index (χ1n) is 5.10. The molecule has 0 aromatic carbocycles. The largest absolute Gasteiger partial charge is 0.302 e. The van der Waals surface area contributed by atoms with Gasteiger partial charge in [0.15, 0.2) is 5.13 Å². The number of nitrogens with zero attached hydrogens (tertiary/aromatic N) is 1.